The molecular formula is C108H64N8O2. The van der Waals surface area contributed by atoms with Crippen LogP contribution in [-0.2, 0) is 0 Å². The summed E-state index contributed by atoms with van der Waals surface area (Å²) in [5.41, 5.74) is 22.2. The summed E-state index contributed by atoms with van der Waals surface area (Å²) in [6.45, 7) is 0. The summed E-state index contributed by atoms with van der Waals surface area (Å²) < 4.78 is 19.3. The third-order valence-corrected chi connectivity index (χ3v) is 23.5. The summed E-state index contributed by atoms with van der Waals surface area (Å²) >= 11 is 0. The maximum atomic E-state index is 7.42. The summed E-state index contributed by atoms with van der Waals surface area (Å²) in [4.78, 5) is 33.0. The van der Waals surface area contributed by atoms with Gasteiger partial charge >= 0.3 is 0 Å². The van der Waals surface area contributed by atoms with Crippen molar-refractivity contribution in [3.8, 4) is 124 Å². The van der Waals surface area contributed by atoms with E-state index in [4.69, 9.17) is 38.7 Å². The summed E-state index contributed by atoms with van der Waals surface area (Å²) in [6, 6.07) is 137. The van der Waals surface area contributed by atoms with Gasteiger partial charge in [-0.2, -0.15) is 0 Å². The van der Waals surface area contributed by atoms with Gasteiger partial charge in [-0.1, -0.05) is 285 Å². The molecule has 6 heterocycles. The molecule has 0 N–H and O–H groups in total. The number of rotatable bonds is 12. The molecule has 0 aliphatic heterocycles. The number of hydrogen-bond donors (Lipinski definition) is 0. The minimum atomic E-state index is 0.504. The van der Waals surface area contributed by atoms with Gasteiger partial charge in [0.1, 0.15) is 22.5 Å². The maximum Gasteiger partial charge on any atom is 0.166 e. The first-order valence-corrected chi connectivity index (χ1v) is 39.8. The highest BCUT2D eigenvalue weighted by Crippen LogP contribution is 2.48. The largest absolute Gasteiger partial charge is 0.454 e. The van der Waals surface area contributed by atoms with E-state index >= 15 is 0 Å². The van der Waals surface area contributed by atoms with Gasteiger partial charge in [0.25, 0.3) is 0 Å². The van der Waals surface area contributed by atoms with Crippen molar-refractivity contribution in [3.63, 3.8) is 0 Å². The van der Waals surface area contributed by atoms with Gasteiger partial charge in [0.2, 0.25) is 0 Å². The van der Waals surface area contributed by atoms with Crippen LogP contribution in [0.4, 0.5) is 0 Å². The average molecular weight is 1510 g/mol. The van der Waals surface area contributed by atoms with E-state index in [9.17, 15) is 0 Å². The minimum Gasteiger partial charge on any atom is -0.454 e. The van der Waals surface area contributed by atoms with Crippen LogP contribution < -0.4 is 0 Å². The third-order valence-electron chi connectivity index (χ3n) is 23.5. The summed E-state index contributed by atoms with van der Waals surface area (Å²) in [5, 5.41) is 15.2. The molecule has 548 valence electrons. The third kappa shape index (κ3) is 11.0. The zero-order valence-electron chi connectivity index (χ0n) is 63.3. The molecule has 0 atom stereocenters. The Morgan fingerprint density at radius 1 is 0.169 bits per heavy atom. The van der Waals surface area contributed by atoms with Crippen LogP contribution >= 0.6 is 0 Å². The van der Waals surface area contributed by atoms with Crippen LogP contribution in [-0.4, -0.2) is 39.0 Å². The van der Waals surface area contributed by atoms with E-state index in [1.165, 1.54) is 5.39 Å². The molecule has 118 heavy (non-hydrogen) atoms. The van der Waals surface area contributed by atoms with Crippen molar-refractivity contribution < 1.29 is 8.83 Å². The van der Waals surface area contributed by atoms with Gasteiger partial charge in [-0.25, -0.2) is 29.9 Å². The molecule has 0 aliphatic rings. The molecule has 0 spiro atoms. The molecule has 24 aromatic rings. The predicted octanol–water partition coefficient (Wildman–Crippen LogP) is 28.2. The van der Waals surface area contributed by atoms with E-state index in [0.717, 1.165) is 198 Å². The van der Waals surface area contributed by atoms with Crippen molar-refractivity contribution in [3.05, 3.63) is 388 Å². The second-order valence-electron chi connectivity index (χ2n) is 30.5. The van der Waals surface area contributed by atoms with Crippen LogP contribution in [0.15, 0.2) is 397 Å². The van der Waals surface area contributed by atoms with Gasteiger partial charge in [0.05, 0.1) is 22.1 Å². The van der Waals surface area contributed by atoms with Gasteiger partial charge in [0, 0.05) is 76.5 Å². The van der Waals surface area contributed by atoms with Crippen LogP contribution in [0.5, 0.6) is 0 Å². The Balaban J connectivity index is 0.665. The normalized spacial score (nSPS) is 11.9. The van der Waals surface area contributed by atoms with Crippen LogP contribution in [0.25, 0.3) is 244 Å². The van der Waals surface area contributed by atoms with Gasteiger partial charge in [-0.05, 0) is 180 Å². The SMILES string of the molecule is c1ccc(-c2ccc(-c3nc(-c4cccc(-c5cccc(-c6ccc7oc8c(-n9c%10ccccc%10c%10cc%11ccccc%11cc%109)c(-c9nc(-c%10cccc(-c%11ccccc%11)c%10)nc(-c%10ccc%11ccccc%11c%10)n9)ccc8c7c6)c5)c4)nc(-c4ccc5c(oc6ccccc65)c4-n4c5ccccc5c5cc6ccccc6cc54)n3)cc2)cc1. The summed E-state index contributed by atoms with van der Waals surface area (Å²) in [5.74, 6) is 3.19. The number of nitrogens with zero attached hydrogens (tertiary/aromatic N) is 8. The van der Waals surface area contributed by atoms with E-state index in [1.807, 2.05) is 24.3 Å². The molecule has 10 nitrogen and oxygen atoms in total. The van der Waals surface area contributed by atoms with E-state index in [-0.39, 0.29) is 0 Å². The number of benzene rings is 18. The maximum absolute atomic E-state index is 7.42. The van der Waals surface area contributed by atoms with Crippen molar-refractivity contribution in [2.75, 3.05) is 0 Å². The first-order chi connectivity index (χ1) is 58.4. The Morgan fingerprint density at radius 2 is 0.508 bits per heavy atom. The Bertz CT molecular complexity index is 8260. The van der Waals surface area contributed by atoms with Gasteiger partial charge in [-0.15, -0.1) is 0 Å². The van der Waals surface area contributed by atoms with Crippen LogP contribution in [0.2, 0.25) is 0 Å². The average Bonchev–Trinajstić information content (AvgIpc) is 1.56. The molecule has 0 unspecified atom stereocenters. The van der Waals surface area contributed by atoms with Crippen molar-refractivity contribution in [1.82, 2.24) is 39.0 Å². The number of fused-ring (bicyclic) bond motifs is 15. The lowest BCUT2D eigenvalue weighted by atomic mass is 9.96. The topological polar surface area (TPSA) is 113 Å². The molecule has 0 radical (unpaired) electrons. The molecular weight excluding hydrogens is 1440 g/mol. The highest BCUT2D eigenvalue weighted by molar-refractivity contribution is 6.19. The highest BCUT2D eigenvalue weighted by atomic mass is 16.3. The van der Waals surface area contributed by atoms with Crippen LogP contribution in [0, 0.1) is 0 Å². The van der Waals surface area contributed by atoms with Crippen molar-refractivity contribution >= 4 is 120 Å². The Morgan fingerprint density at radius 3 is 1.04 bits per heavy atom. The molecule has 0 aliphatic carbocycles. The second-order valence-corrected chi connectivity index (χ2v) is 30.5. The van der Waals surface area contributed by atoms with E-state index in [1.54, 1.807) is 0 Å². The monoisotopic (exact) mass is 1500 g/mol. The van der Waals surface area contributed by atoms with Crippen LogP contribution in [0.3, 0.4) is 0 Å². The summed E-state index contributed by atoms with van der Waals surface area (Å²) in [7, 11) is 0. The quantitative estimate of drug-likeness (QED) is 0.119. The molecule has 10 heteroatoms. The smallest absolute Gasteiger partial charge is 0.166 e. The highest BCUT2D eigenvalue weighted by Gasteiger charge is 2.29. The van der Waals surface area contributed by atoms with Crippen molar-refractivity contribution in [1.29, 1.82) is 0 Å². The fourth-order valence-electron chi connectivity index (χ4n) is 17.8. The molecule has 24 rings (SSSR count). The lowest BCUT2D eigenvalue weighted by molar-refractivity contribution is 0.666. The summed E-state index contributed by atoms with van der Waals surface area (Å²) in [6.07, 6.45) is 0. The lowest BCUT2D eigenvalue weighted by Crippen LogP contribution is -2.04. The van der Waals surface area contributed by atoms with E-state index in [0.29, 0.717) is 40.5 Å². The molecule has 0 bridgehead atoms. The first kappa shape index (κ1) is 66.6. The first-order valence-electron chi connectivity index (χ1n) is 39.8. The zero-order valence-corrected chi connectivity index (χ0v) is 63.3. The molecule has 18 aromatic carbocycles. The van der Waals surface area contributed by atoms with Crippen LogP contribution in [0.1, 0.15) is 0 Å². The predicted molar refractivity (Wildman–Crippen MR) is 483 cm³/mol. The number of hydrogen-bond acceptors (Lipinski definition) is 8. The standard InChI is InChI=1S/C108H64N8O2/c1-3-22-65(23-4-1)68-44-47-69(48-45-68)103-109-104(112-107(111-103)88-53-51-86-85-40-15-18-43-97(85)117-101(86)99(88)115-93-41-16-13-38-83(93)90-60-75-28-9-11-30-77(75)63-95(90)115)81-37-21-35-74(59-81)72-33-19-34-73(56-72)79-50-55-98-92(62-79)87-52-54-89(100(102(87)118-98)116-94-42-17-14-39-84(94)91-61-76-29-10-12-31-78(76)64-96(91)116)108-113-105(80-36-20-32-71(57-80)66-24-5-2-6-25-66)110-106(114-108)82-49-46-67-26-7-8-27-70(67)58-82/h1-64H. The molecule has 0 saturated heterocycles. The fourth-order valence-corrected chi connectivity index (χ4v) is 17.8. The van der Waals surface area contributed by atoms with Crippen molar-refractivity contribution in [2.24, 2.45) is 0 Å². The second kappa shape index (κ2) is 26.8. The van der Waals surface area contributed by atoms with Crippen molar-refractivity contribution in [2.45, 2.75) is 0 Å². The lowest BCUT2D eigenvalue weighted by Gasteiger charge is -2.16. The number of para-hydroxylation sites is 3. The Hall–Kier alpha value is -16.0. The Kier molecular flexibility index (Phi) is 15.1. The molecule has 0 fully saturated rings. The van der Waals surface area contributed by atoms with Gasteiger partial charge in [0.15, 0.2) is 46.1 Å². The number of aromatic nitrogens is 8. The number of furan rings is 2. The van der Waals surface area contributed by atoms with Gasteiger partial charge < -0.3 is 18.0 Å². The Labute approximate surface area is 675 Å². The molecule has 0 amide bonds. The molecule has 0 saturated carbocycles. The van der Waals surface area contributed by atoms with Gasteiger partial charge in [-0.3, -0.25) is 0 Å². The minimum absolute atomic E-state index is 0.504. The zero-order chi connectivity index (χ0) is 77.5. The fraction of sp³-hybridized carbons (Fsp3) is 0. The van der Waals surface area contributed by atoms with E-state index < -0.39 is 0 Å². The molecule has 6 aromatic heterocycles. The van der Waals surface area contributed by atoms with E-state index in [2.05, 4.69) is 373 Å².